The van der Waals surface area contributed by atoms with Crippen molar-refractivity contribution in [2.75, 3.05) is 0 Å². The van der Waals surface area contributed by atoms with E-state index in [0.29, 0.717) is 22.8 Å². The maximum absolute atomic E-state index is 8.86. The average molecular weight is 758 g/mol. The Hall–Kier alpha value is -7.95. The van der Waals surface area contributed by atoms with Gasteiger partial charge in [0.25, 0.3) is 0 Å². The second-order valence-corrected chi connectivity index (χ2v) is 14.4. The van der Waals surface area contributed by atoms with E-state index in [1.54, 1.807) is 0 Å². The Labute approximate surface area is 349 Å². The second-order valence-electron chi connectivity index (χ2n) is 14.4. The smallest absolute Gasteiger partial charge is 0.164 e. The standard InChI is InChI=1S/C55H36N4/c1-3-17-37(18-4-1)41-21-7-10-27-48(41)54-56-53(40-19-5-2-6-20-40)57-55(58-54)49-36-35-42(44-23-8-9-24-45(44)49)38-31-33-39(34-32-38)43-22-11-14-28-50(43)59-51-29-15-12-25-46(51)47-26-13-16-30-52(47)59/h1-36H/i2D,5D,6D,19D,20D. The Morgan fingerprint density at radius 3 is 1.44 bits per heavy atom. The summed E-state index contributed by atoms with van der Waals surface area (Å²) in [6.07, 6.45) is 0. The molecule has 0 aliphatic carbocycles. The van der Waals surface area contributed by atoms with Crippen LogP contribution in [0.4, 0.5) is 0 Å². The molecule has 11 rings (SSSR count). The van der Waals surface area contributed by atoms with Crippen molar-refractivity contribution in [3.8, 4) is 73.2 Å². The van der Waals surface area contributed by atoms with Crippen molar-refractivity contribution in [1.82, 2.24) is 19.5 Å². The fraction of sp³-hybridized carbons (Fsp3) is 0. The van der Waals surface area contributed by atoms with E-state index < -0.39 is 18.1 Å². The molecule has 11 aromatic rings. The summed E-state index contributed by atoms with van der Waals surface area (Å²) in [6.45, 7) is 0. The van der Waals surface area contributed by atoms with E-state index >= 15 is 0 Å². The van der Waals surface area contributed by atoms with Crippen LogP contribution >= 0.6 is 0 Å². The highest BCUT2D eigenvalue weighted by Crippen LogP contribution is 2.40. The van der Waals surface area contributed by atoms with E-state index in [0.717, 1.165) is 60.9 Å². The molecule has 9 aromatic carbocycles. The van der Waals surface area contributed by atoms with Gasteiger partial charge in [-0.2, -0.15) is 0 Å². The highest BCUT2D eigenvalue weighted by atomic mass is 15.0. The molecule has 0 fully saturated rings. The summed E-state index contributed by atoms with van der Waals surface area (Å²) in [6, 6.07) is 62.1. The zero-order chi connectivity index (χ0) is 43.5. The van der Waals surface area contributed by atoms with Gasteiger partial charge in [0.05, 0.1) is 23.6 Å². The van der Waals surface area contributed by atoms with E-state index in [-0.39, 0.29) is 23.5 Å². The molecule has 2 heterocycles. The van der Waals surface area contributed by atoms with E-state index in [1.165, 1.54) is 10.8 Å². The van der Waals surface area contributed by atoms with Crippen molar-refractivity contribution in [3.05, 3.63) is 218 Å². The van der Waals surface area contributed by atoms with Gasteiger partial charge in [-0.05, 0) is 62.9 Å². The van der Waals surface area contributed by atoms with Crippen LogP contribution in [0.2, 0.25) is 0 Å². The molecular formula is C55H36N4. The van der Waals surface area contributed by atoms with Gasteiger partial charge >= 0.3 is 0 Å². The van der Waals surface area contributed by atoms with Gasteiger partial charge in [0.1, 0.15) is 0 Å². The summed E-state index contributed by atoms with van der Waals surface area (Å²) in [7, 11) is 0. The third kappa shape index (κ3) is 6.06. The largest absolute Gasteiger partial charge is 0.309 e. The number of nitrogens with zero attached hydrogens (tertiary/aromatic N) is 4. The normalized spacial score (nSPS) is 12.6. The molecule has 4 heteroatoms. The lowest BCUT2D eigenvalue weighted by Gasteiger charge is -2.15. The van der Waals surface area contributed by atoms with E-state index in [2.05, 4.69) is 114 Å². The van der Waals surface area contributed by atoms with Crippen molar-refractivity contribution >= 4 is 32.6 Å². The first-order chi connectivity index (χ1) is 31.4. The maximum Gasteiger partial charge on any atom is 0.164 e. The van der Waals surface area contributed by atoms with Gasteiger partial charge in [0.15, 0.2) is 17.5 Å². The van der Waals surface area contributed by atoms with Gasteiger partial charge in [0.2, 0.25) is 0 Å². The predicted molar refractivity (Wildman–Crippen MR) is 244 cm³/mol. The second kappa shape index (κ2) is 14.5. The lowest BCUT2D eigenvalue weighted by atomic mass is 9.93. The van der Waals surface area contributed by atoms with E-state index in [4.69, 9.17) is 21.8 Å². The Bertz CT molecular complexity index is 3540. The molecule has 0 saturated heterocycles. The Balaban J connectivity index is 1.05. The SMILES string of the molecule is [2H]c1c([2H])c([2H])c(-c2nc(-c3ccccc3-c3ccccc3)nc(-c3ccc(-c4ccc(-c5ccccc5-n5c6ccccc6c6ccccc65)cc4)c4ccccc34)n2)c([2H])c1[2H]. The summed E-state index contributed by atoms with van der Waals surface area (Å²) in [4.78, 5) is 14.9. The van der Waals surface area contributed by atoms with E-state index in [9.17, 15) is 0 Å². The van der Waals surface area contributed by atoms with Crippen LogP contribution in [-0.4, -0.2) is 19.5 Å². The first-order valence-electron chi connectivity index (χ1n) is 22.0. The Kier molecular flexibility index (Phi) is 7.22. The monoisotopic (exact) mass is 757 g/mol. The maximum atomic E-state index is 8.86. The third-order valence-corrected chi connectivity index (χ3v) is 11.0. The summed E-state index contributed by atoms with van der Waals surface area (Å²) in [5.74, 6) is 0.621. The molecule has 0 unspecified atom stereocenters. The van der Waals surface area contributed by atoms with Crippen molar-refractivity contribution in [3.63, 3.8) is 0 Å². The van der Waals surface area contributed by atoms with Gasteiger partial charge in [0, 0.05) is 33.0 Å². The molecule has 276 valence electrons. The van der Waals surface area contributed by atoms with E-state index in [1.807, 2.05) is 78.9 Å². The van der Waals surface area contributed by atoms with Crippen LogP contribution in [0.5, 0.6) is 0 Å². The first-order valence-corrected chi connectivity index (χ1v) is 19.5. The number of hydrogen-bond donors (Lipinski definition) is 0. The van der Waals surface area contributed by atoms with Crippen molar-refractivity contribution in [2.45, 2.75) is 0 Å². The van der Waals surface area contributed by atoms with Crippen LogP contribution in [0.25, 0.3) is 106 Å². The van der Waals surface area contributed by atoms with Crippen LogP contribution in [0.3, 0.4) is 0 Å². The molecule has 0 amide bonds. The molecule has 0 aliphatic rings. The number of rotatable bonds is 7. The molecule has 59 heavy (non-hydrogen) atoms. The Morgan fingerprint density at radius 2 is 0.763 bits per heavy atom. The molecule has 4 nitrogen and oxygen atoms in total. The number of fused-ring (bicyclic) bond motifs is 4. The van der Waals surface area contributed by atoms with Gasteiger partial charge in [-0.15, -0.1) is 0 Å². The van der Waals surface area contributed by atoms with Crippen molar-refractivity contribution in [2.24, 2.45) is 0 Å². The molecular weight excluding hydrogens is 717 g/mol. The number of aromatic nitrogens is 4. The molecule has 0 aliphatic heterocycles. The zero-order valence-corrected chi connectivity index (χ0v) is 31.7. The zero-order valence-electron chi connectivity index (χ0n) is 36.7. The number of para-hydroxylation sites is 3. The third-order valence-electron chi connectivity index (χ3n) is 11.0. The Morgan fingerprint density at radius 1 is 0.305 bits per heavy atom. The highest BCUT2D eigenvalue weighted by molar-refractivity contribution is 6.10. The molecule has 0 saturated carbocycles. The first kappa shape index (κ1) is 29.3. The van der Waals surface area contributed by atoms with Crippen LogP contribution in [-0.2, 0) is 0 Å². The minimum absolute atomic E-state index is 0.00945. The molecule has 0 bridgehead atoms. The fourth-order valence-corrected chi connectivity index (χ4v) is 8.31. The fourth-order valence-electron chi connectivity index (χ4n) is 8.31. The number of hydrogen-bond acceptors (Lipinski definition) is 3. The van der Waals surface area contributed by atoms with Crippen LogP contribution in [0.15, 0.2) is 218 Å². The van der Waals surface area contributed by atoms with Gasteiger partial charge in [-0.25, -0.2) is 15.0 Å². The van der Waals surface area contributed by atoms with Gasteiger partial charge in [-0.1, -0.05) is 194 Å². The van der Waals surface area contributed by atoms with Gasteiger partial charge in [-0.3, -0.25) is 0 Å². The molecule has 0 spiro atoms. The van der Waals surface area contributed by atoms with Crippen molar-refractivity contribution < 1.29 is 6.85 Å². The summed E-state index contributed by atoms with van der Waals surface area (Å²) >= 11 is 0. The van der Waals surface area contributed by atoms with Crippen LogP contribution in [0.1, 0.15) is 6.85 Å². The van der Waals surface area contributed by atoms with Gasteiger partial charge < -0.3 is 4.57 Å². The summed E-state index contributed by atoms with van der Waals surface area (Å²) < 4.78 is 45.3. The molecule has 0 N–H and O–H groups in total. The lowest BCUT2D eigenvalue weighted by molar-refractivity contribution is 1.08. The summed E-state index contributed by atoms with van der Waals surface area (Å²) in [5, 5.41) is 4.30. The molecule has 0 radical (unpaired) electrons. The highest BCUT2D eigenvalue weighted by Gasteiger charge is 2.19. The number of benzene rings is 9. The predicted octanol–water partition coefficient (Wildman–Crippen LogP) is 14.1. The van der Waals surface area contributed by atoms with Crippen molar-refractivity contribution in [1.29, 1.82) is 0 Å². The molecule has 0 atom stereocenters. The average Bonchev–Trinajstić information content (AvgIpc) is 3.69. The van der Waals surface area contributed by atoms with Crippen LogP contribution < -0.4 is 0 Å². The quantitative estimate of drug-likeness (QED) is 0.163. The minimum atomic E-state index is -0.482. The lowest BCUT2D eigenvalue weighted by Crippen LogP contribution is -2.01. The minimum Gasteiger partial charge on any atom is -0.309 e. The van der Waals surface area contributed by atoms with Crippen LogP contribution in [0, 0.1) is 0 Å². The summed E-state index contributed by atoms with van der Waals surface area (Å²) in [5.41, 5.74) is 10.9. The topological polar surface area (TPSA) is 43.6 Å². The molecule has 2 aromatic heterocycles.